The second kappa shape index (κ2) is 5.39. The number of carbonyl (C=O) groups is 1. The lowest BCUT2D eigenvalue weighted by molar-refractivity contribution is -0.148. The maximum Gasteiger partial charge on any atom is 0.312 e. The molecule has 1 saturated heterocycles. The van der Waals surface area contributed by atoms with E-state index >= 15 is 0 Å². The number of ether oxygens (including phenoxy) is 1. The van der Waals surface area contributed by atoms with Gasteiger partial charge in [-0.15, -0.1) is 0 Å². The van der Waals surface area contributed by atoms with Crippen molar-refractivity contribution in [2.24, 2.45) is 4.99 Å². The normalized spacial score (nSPS) is 24.9. The second-order valence-electron chi connectivity index (χ2n) is 5.87. The summed E-state index contributed by atoms with van der Waals surface area (Å²) in [4.78, 5) is 16.6. The highest BCUT2D eigenvalue weighted by molar-refractivity contribution is 6.09. The molecule has 3 rings (SSSR count). The molecule has 3 nitrogen and oxygen atoms in total. The van der Waals surface area contributed by atoms with Crippen LogP contribution in [0.3, 0.4) is 0 Å². The number of hydrogen-bond donors (Lipinski definition) is 0. The van der Waals surface area contributed by atoms with E-state index in [0.717, 1.165) is 31.4 Å². The van der Waals surface area contributed by atoms with Gasteiger partial charge in [-0.3, -0.25) is 9.79 Å². The Morgan fingerprint density at radius 1 is 1.15 bits per heavy atom. The summed E-state index contributed by atoms with van der Waals surface area (Å²) in [5.74, 6) is -0.106. The Morgan fingerprint density at radius 3 is 2.55 bits per heavy atom. The SMILES string of the molecule is C[C@H](N=C1CC(=O)OC12CCCCC2)c1ccccc1. The van der Waals surface area contributed by atoms with Gasteiger partial charge in [0.1, 0.15) is 0 Å². The first-order chi connectivity index (χ1) is 9.70. The molecule has 0 N–H and O–H groups in total. The summed E-state index contributed by atoms with van der Waals surface area (Å²) in [5, 5.41) is 0. The average Bonchev–Trinajstić information content (AvgIpc) is 2.76. The van der Waals surface area contributed by atoms with Crippen molar-refractivity contribution in [1.82, 2.24) is 0 Å². The number of benzene rings is 1. The monoisotopic (exact) mass is 271 g/mol. The predicted octanol–water partition coefficient (Wildman–Crippen LogP) is 3.84. The Bertz CT molecular complexity index is 515. The van der Waals surface area contributed by atoms with Gasteiger partial charge in [-0.1, -0.05) is 36.8 Å². The van der Waals surface area contributed by atoms with Crippen molar-refractivity contribution in [1.29, 1.82) is 0 Å². The lowest BCUT2D eigenvalue weighted by Gasteiger charge is -2.32. The number of hydrogen-bond acceptors (Lipinski definition) is 3. The van der Waals surface area contributed by atoms with Crippen LogP contribution in [0.5, 0.6) is 0 Å². The summed E-state index contributed by atoms with van der Waals surface area (Å²) in [7, 11) is 0. The van der Waals surface area contributed by atoms with Crippen LogP contribution in [0.15, 0.2) is 35.3 Å². The van der Waals surface area contributed by atoms with Gasteiger partial charge >= 0.3 is 5.97 Å². The Kier molecular flexibility index (Phi) is 3.60. The summed E-state index contributed by atoms with van der Waals surface area (Å²) in [6.07, 6.45) is 5.76. The van der Waals surface area contributed by atoms with Gasteiger partial charge in [-0.2, -0.15) is 0 Å². The summed E-state index contributed by atoms with van der Waals surface area (Å²) < 4.78 is 5.67. The van der Waals surface area contributed by atoms with E-state index in [1.807, 2.05) is 18.2 Å². The fourth-order valence-corrected chi connectivity index (χ4v) is 3.33. The second-order valence-corrected chi connectivity index (χ2v) is 5.87. The third kappa shape index (κ3) is 2.49. The van der Waals surface area contributed by atoms with Crippen molar-refractivity contribution in [2.45, 2.75) is 57.1 Å². The van der Waals surface area contributed by atoms with Crippen molar-refractivity contribution >= 4 is 11.7 Å². The lowest BCUT2D eigenvalue weighted by Crippen LogP contribution is -2.38. The van der Waals surface area contributed by atoms with Crippen molar-refractivity contribution in [3.8, 4) is 0 Å². The van der Waals surface area contributed by atoms with Gasteiger partial charge in [0.25, 0.3) is 0 Å². The first kappa shape index (κ1) is 13.3. The molecule has 1 aliphatic heterocycles. The minimum absolute atomic E-state index is 0.0829. The first-order valence-electron chi connectivity index (χ1n) is 7.54. The predicted molar refractivity (Wildman–Crippen MR) is 78.8 cm³/mol. The largest absolute Gasteiger partial charge is 0.453 e. The Balaban J connectivity index is 1.87. The average molecular weight is 271 g/mol. The van der Waals surface area contributed by atoms with Crippen molar-refractivity contribution < 1.29 is 9.53 Å². The molecule has 1 aliphatic carbocycles. The molecule has 3 heteroatoms. The third-order valence-corrected chi connectivity index (χ3v) is 4.44. The van der Waals surface area contributed by atoms with Crippen LogP contribution in [0.2, 0.25) is 0 Å². The minimum Gasteiger partial charge on any atom is -0.453 e. The third-order valence-electron chi connectivity index (χ3n) is 4.44. The Hall–Kier alpha value is -1.64. The van der Waals surface area contributed by atoms with Crippen molar-refractivity contribution in [2.75, 3.05) is 0 Å². The van der Waals surface area contributed by atoms with Gasteiger partial charge in [-0.25, -0.2) is 0 Å². The Labute approximate surface area is 120 Å². The summed E-state index contributed by atoms with van der Waals surface area (Å²) in [5.41, 5.74) is 1.78. The molecule has 1 spiro atoms. The molecule has 0 unspecified atom stereocenters. The minimum atomic E-state index is -0.377. The van der Waals surface area contributed by atoms with E-state index in [0.29, 0.717) is 6.42 Å². The quantitative estimate of drug-likeness (QED) is 0.767. The first-order valence-corrected chi connectivity index (χ1v) is 7.54. The van der Waals surface area contributed by atoms with Gasteiger partial charge in [0.15, 0.2) is 5.60 Å². The van der Waals surface area contributed by atoms with E-state index in [-0.39, 0.29) is 17.6 Å². The van der Waals surface area contributed by atoms with Crippen molar-refractivity contribution in [3.63, 3.8) is 0 Å². The number of carbonyl (C=O) groups excluding carboxylic acids is 1. The van der Waals surface area contributed by atoms with Gasteiger partial charge < -0.3 is 4.74 Å². The maximum atomic E-state index is 11.7. The van der Waals surface area contributed by atoms with Gasteiger partial charge in [0.05, 0.1) is 18.2 Å². The highest BCUT2D eigenvalue weighted by Gasteiger charge is 2.46. The van der Waals surface area contributed by atoms with E-state index in [4.69, 9.17) is 9.73 Å². The molecule has 0 radical (unpaired) electrons. The molecule has 2 fully saturated rings. The van der Waals surface area contributed by atoms with Gasteiger partial charge in [0, 0.05) is 0 Å². The topological polar surface area (TPSA) is 38.7 Å². The molecule has 0 amide bonds. The molecular formula is C17H21NO2. The molecule has 0 aromatic heterocycles. The van der Waals surface area contributed by atoms with Crippen molar-refractivity contribution in [3.05, 3.63) is 35.9 Å². The molecule has 1 aromatic carbocycles. The fraction of sp³-hybridized carbons (Fsp3) is 0.529. The van der Waals surface area contributed by atoms with Gasteiger partial charge in [-0.05, 0) is 38.2 Å². The lowest BCUT2D eigenvalue weighted by atomic mass is 9.81. The molecule has 20 heavy (non-hydrogen) atoms. The zero-order valence-corrected chi connectivity index (χ0v) is 12.0. The van der Waals surface area contributed by atoms with Crippen LogP contribution in [0.25, 0.3) is 0 Å². The number of nitrogens with zero attached hydrogens (tertiary/aromatic N) is 1. The standard InChI is InChI=1S/C17H21NO2/c1-13(14-8-4-2-5-9-14)18-15-12-16(19)20-17(15)10-6-3-7-11-17/h2,4-5,8-9,13H,3,6-7,10-12H2,1H3/t13-/m0/s1. The summed E-state index contributed by atoms with van der Waals surface area (Å²) in [6, 6.07) is 10.3. The summed E-state index contributed by atoms with van der Waals surface area (Å²) in [6.45, 7) is 2.08. The smallest absolute Gasteiger partial charge is 0.312 e. The van der Waals surface area contributed by atoms with Crippen LogP contribution in [0, 0.1) is 0 Å². The highest BCUT2D eigenvalue weighted by atomic mass is 16.6. The van der Waals surface area contributed by atoms with Crippen LogP contribution in [0.1, 0.15) is 57.1 Å². The molecule has 1 aromatic rings. The van der Waals surface area contributed by atoms with Crippen LogP contribution in [0.4, 0.5) is 0 Å². The number of rotatable bonds is 2. The van der Waals surface area contributed by atoms with E-state index in [1.54, 1.807) is 0 Å². The van der Waals surface area contributed by atoms with Crippen LogP contribution >= 0.6 is 0 Å². The molecular weight excluding hydrogens is 250 g/mol. The molecule has 1 heterocycles. The zero-order chi connectivity index (χ0) is 14.0. The van der Waals surface area contributed by atoms with E-state index < -0.39 is 0 Å². The van der Waals surface area contributed by atoms with E-state index in [2.05, 4.69) is 19.1 Å². The molecule has 106 valence electrons. The zero-order valence-electron chi connectivity index (χ0n) is 12.0. The van der Waals surface area contributed by atoms with Gasteiger partial charge in [0.2, 0.25) is 0 Å². The van der Waals surface area contributed by atoms with E-state index in [1.165, 1.54) is 12.0 Å². The number of esters is 1. The molecule has 0 bridgehead atoms. The molecule has 2 aliphatic rings. The highest BCUT2D eigenvalue weighted by Crippen LogP contribution is 2.39. The number of aliphatic imine (C=N–C) groups is 1. The molecule has 1 saturated carbocycles. The van der Waals surface area contributed by atoms with Crippen LogP contribution in [-0.2, 0) is 9.53 Å². The fourth-order valence-electron chi connectivity index (χ4n) is 3.33. The van der Waals surface area contributed by atoms with Crippen LogP contribution < -0.4 is 0 Å². The Morgan fingerprint density at radius 2 is 1.85 bits per heavy atom. The molecule has 1 atom stereocenters. The maximum absolute atomic E-state index is 11.7. The van der Waals surface area contributed by atoms with E-state index in [9.17, 15) is 4.79 Å². The van der Waals surface area contributed by atoms with Crippen LogP contribution in [-0.4, -0.2) is 17.3 Å². The summed E-state index contributed by atoms with van der Waals surface area (Å²) >= 11 is 0.